The van der Waals surface area contributed by atoms with E-state index in [0.717, 1.165) is 5.56 Å². The highest BCUT2D eigenvalue weighted by Crippen LogP contribution is 2.27. The van der Waals surface area contributed by atoms with E-state index in [2.05, 4.69) is 16.0 Å². The number of nitrogens with one attached hydrogen (secondary N) is 3. The van der Waals surface area contributed by atoms with Crippen LogP contribution in [0.4, 0.5) is 14.9 Å². The van der Waals surface area contributed by atoms with Gasteiger partial charge in [0, 0.05) is 25.2 Å². The first-order valence-corrected chi connectivity index (χ1v) is 9.83. The highest BCUT2D eigenvalue weighted by Gasteiger charge is 2.43. The lowest BCUT2D eigenvalue weighted by atomic mass is 9.91. The average Bonchev–Trinajstić information content (AvgIpc) is 3.26. The molecule has 2 unspecified atom stereocenters. The molecule has 2 saturated heterocycles. The second-order valence-corrected chi connectivity index (χ2v) is 7.83. The van der Waals surface area contributed by atoms with Gasteiger partial charge in [0.15, 0.2) is 0 Å². The van der Waals surface area contributed by atoms with E-state index in [1.165, 1.54) is 29.2 Å². The molecule has 5 amide bonds. The van der Waals surface area contributed by atoms with Crippen LogP contribution in [0.3, 0.4) is 0 Å². The van der Waals surface area contributed by atoms with Crippen molar-refractivity contribution in [1.29, 1.82) is 0 Å². The van der Waals surface area contributed by atoms with Crippen molar-refractivity contribution in [1.82, 2.24) is 16.0 Å². The molecule has 8 nitrogen and oxygen atoms in total. The summed E-state index contributed by atoms with van der Waals surface area (Å²) in [7, 11) is 0. The molecular formula is C22H21FN4O4. The van der Waals surface area contributed by atoms with Crippen LogP contribution in [0.2, 0.25) is 0 Å². The van der Waals surface area contributed by atoms with Gasteiger partial charge in [0.05, 0.1) is 5.92 Å². The zero-order valence-electron chi connectivity index (χ0n) is 16.8. The predicted molar refractivity (Wildman–Crippen MR) is 109 cm³/mol. The zero-order chi connectivity index (χ0) is 22.2. The van der Waals surface area contributed by atoms with Gasteiger partial charge in [-0.25, -0.2) is 9.18 Å². The topological polar surface area (TPSA) is 108 Å². The smallest absolute Gasteiger partial charge is 0.322 e. The molecule has 0 bridgehead atoms. The van der Waals surface area contributed by atoms with E-state index < -0.39 is 29.2 Å². The average molecular weight is 424 g/mol. The molecule has 2 aromatic carbocycles. The van der Waals surface area contributed by atoms with E-state index in [9.17, 15) is 23.6 Å². The maximum atomic E-state index is 13.1. The van der Waals surface area contributed by atoms with Crippen LogP contribution < -0.4 is 20.9 Å². The maximum Gasteiger partial charge on any atom is 0.322 e. The molecule has 160 valence electrons. The largest absolute Gasteiger partial charge is 0.352 e. The number of amides is 5. The summed E-state index contributed by atoms with van der Waals surface area (Å²) in [6.07, 6.45) is 0.0769. The molecule has 0 aliphatic carbocycles. The molecule has 2 fully saturated rings. The monoisotopic (exact) mass is 424 g/mol. The number of carbonyl (C=O) groups excluding carboxylic acids is 4. The fourth-order valence-electron chi connectivity index (χ4n) is 3.83. The van der Waals surface area contributed by atoms with E-state index in [0.29, 0.717) is 11.3 Å². The molecule has 0 radical (unpaired) electrons. The maximum absolute atomic E-state index is 13.1. The number of urea groups is 1. The summed E-state index contributed by atoms with van der Waals surface area (Å²) in [4.78, 5) is 50.1. The Labute approximate surface area is 177 Å². The number of anilines is 1. The van der Waals surface area contributed by atoms with Crippen molar-refractivity contribution < 1.29 is 23.6 Å². The van der Waals surface area contributed by atoms with Crippen LogP contribution in [-0.4, -0.2) is 30.3 Å². The highest BCUT2D eigenvalue weighted by molar-refractivity contribution is 6.07. The first kappa shape index (κ1) is 20.5. The van der Waals surface area contributed by atoms with E-state index in [-0.39, 0.29) is 31.3 Å². The first-order valence-electron chi connectivity index (χ1n) is 9.83. The Morgan fingerprint density at radius 2 is 1.94 bits per heavy atom. The molecule has 9 heteroatoms. The van der Waals surface area contributed by atoms with Crippen LogP contribution in [0.15, 0.2) is 48.5 Å². The molecule has 4 rings (SSSR count). The quantitative estimate of drug-likeness (QED) is 0.633. The van der Waals surface area contributed by atoms with Gasteiger partial charge in [-0.2, -0.15) is 0 Å². The molecule has 2 aromatic rings. The van der Waals surface area contributed by atoms with Crippen molar-refractivity contribution in [2.45, 2.75) is 25.4 Å². The molecule has 0 saturated carbocycles. The molecule has 31 heavy (non-hydrogen) atoms. The standard InChI is InChI=1S/C22H21FN4O4/c1-22(20(30)25-21(31)26-22)15-4-2-3-13(9-15)11-24-19(29)14-10-18(28)27(12-14)17-7-5-16(23)6-8-17/h2-9,14H,10-12H2,1H3,(H,24,29)(H2,25,26,30,31). The number of halogens is 1. The minimum Gasteiger partial charge on any atom is -0.352 e. The van der Waals surface area contributed by atoms with Crippen molar-refractivity contribution in [3.63, 3.8) is 0 Å². The molecule has 3 N–H and O–H groups in total. The van der Waals surface area contributed by atoms with E-state index >= 15 is 0 Å². The molecule has 0 spiro atoms. The molecule has 2 aliphatic heterocycles. The molecule has 2 atom stereocenters. The summed E-state index contributed by atoms with van der Waals surface area (Å²) in [6, 6.07) is 12.0. The minimum absolute atomic E-state index is 0.0769. The van der Waals surface area contributed by atoms with Crippen molar-refractivity contribution in [3.05, 3.63) is 65.5 Å². The zero-order valence-corrected chi connectivity index (χ0v) is 16.8. The summed E-state index contributed by atoms with van der Waals surface area (Å²) < 4.78 is 13.1. The number of hydrogen-bond donors (Lipinski definition) is 3. The first-order chi connectivity index (χ1) is 14.8. The molecular weight excluding hydrogens is 403 g/mol. The number of carbonyl (C=O) groups is 4. The van der Waals surface area contributed by atoms with Gasteiger partial charge >= 0.3 is 6.03 Å². The molecule has 2 aliphatic rings. The van der Waals surface area contributed by atoms with Crippen molar-refractivity contribution in [2.24, 2.45) is 5.92 Å². The third-order valence-corrected chi connectivity index (χ3v) is 5.65. The van der Waals surface area contributed by atoms with Crippen LogP contribution in [0.1, 0.15) is 24.5 Å². The van der Waals surface area contributed by atoms with Gasteiger partial charge in [0.2, 0.25) is 11.8 Å². The van der Waals surface area contributed by atoms with Gasteiger partial charge in [-0.15, -0.1) is 0 Å². The fourth-order valence-corrected chi connectivity index (χ4v) is 3.83. The van der Waals surface area contributed by atoms with Crippen LogP contribution in [-0.2, 0) is 26.5 Å². The minimum atomic E-state index is -1.18. The molecule has 0 aromatic heterocycles. The van der Waals surface area contributed by atoms with E-state index in [4.69, 9.17) is 0 Å². The number of rotatable bonds is 5. The van der Waals surface area contributed by atoms with Crippen LogP contribution in [0.25, 0.3) is 0 Å². The second-order valence-electron chi connectivity index (χ2n) is 7.83. The van der Waals surface area contributed by atoms with Gasteiger partial charge in [-0.3, -0.25) is 19.7 Å². The Morgan fingerprint density at radius 1 is 1.19 bits per heavy atom. The molecule has 2 heterocycles. The fraction of sp³-hybridized carbons (Fsp3) is 0.273. The Hall–Kier alpha value is -3.75. The lowest BCUT2D eigenvalue weighted by molar-refractivity contribution is -0.126. The Balaban J connectivity index is 1.39. The number of hydrogen-bond acceptors (Lipinski definition) is 4. The number of nitrogens with zero attached hydrogens (tertiary/aromatic N) is 1. The van der Waals surface area contributed by atoms with Gasteiger partial charge in [-0.1, -0.05) is 24.3 Å². The van der Waals surface area contributed by atoms with Gasteiger partial charge in [-0.05, 0) is 42.3 Å². The van der Waals surface area contributed by atoms with Gasteiger partial charge < -0.3 is 15.5 Å². The van der Waals surface area contributed by atoms with Crippen molar-refractivity contribution in [3.8, 4) is 0 Å². The second kappa shape index (κ2) is 7.82. The highest BCUT2D eigenvalue weighted by atomic mass is 19.1. The summed E-state index contributed by atoms with van der Waals surface area (Å²) in [5.74, 6) is -1.80. The lowest BCUT2D eigenvalue weighted by Crippen LogP contribution is -2.40. The third kappa shape index (κ3) is 3.98. The Kier molecular flexibility index (Phi) is 5.18. The van der Waals surface area contributed by atoms with Gasteiger partial charge in [0.25, 0.3) is 5.91 Å². The lowest BCUT2D eigenvalue weighted by Gasteiger charge is -2.22. The third-order valence-electron chi connectivity index (χ3n) is 5.65. The number of benzene rings is 2. The normalized spacial score (nSPS) is 23.0. The van der Waals surface area contributed by atoms with E-state index in [1.54, 1.807) is 31.2 Å². The predicted octanol–water partition coefficient (Wildman–Crippen LogP) is 1.55. The number of imide groups is 1. The summed E-state index contributed by atoms with van der Waals surface area (Å²) in [5, 5.41) is 7.66. The van der Waals surface area contributed by atoms with E-state index in [1.807, 2.05) is 0 Å². The Morgan fingerprint density at radius 3 is 2.61 bits per heavy atom. The van der Waals surface area contributed by atoms with Crippen LogP contribution in [0.5, 0.6) is 0 Å². The Bertz CT molecular complexity index is 1070. The summed E-state index contributed by atoms with van der Waals surface area (Å²) >= 11 is 0. The van der Waals surface area contributed by atoms with Crippen LogP contribution >= 0.6 is 0 Å². The van der Waals surface area contributed by atoms with Gasteiger partial charge in [0.1, 0.15) is 11.4 Å². The van der Waals surface area contributed by atoms with Crippen molar-refractivity contribution >= 4 is 29.4 Å². The summed E-state index contributed by atoms with van der Waals surface area (Å²) in [5.41, 5.74) is 0.728. The SMILES string of the molecule is CC1(c2cccc(CNC(=O)C3CC(=O)N(c4ccc(F)cc4)C3)c2)NC(=O)NC1=O. The summed E-state index contributed by atoms with van der Waals surface area (Å²) in [6.45, 7) is 2.04. The van der Waals surface area contributed by atoms with Crippen molar-refractivity contribution in [2.75, 3.05) is 11.4 Å². The van der Waals surface area contributed by atoms with Crippen LogP contribution in [0, 0.1) is 11.7 Å².